The molecule has 9 rings (SSSR count). The van der Waals surface area contributed by atoms with E-state index in [1.165, 1.54) is 87.3 Å². The van der Waals surface area contributed by atoms with Gasteiger partial charge in [-0.25, -0.2) is 0 Å². The van der Waals surface area contributed by atoms with Crippen LogP contribution in [0, 0.1) is 0 Å². The number of fused-ring (bicyclic) bond motifs is 8. The summed E-state index contributed by atoms with van der Waals surface area (Å²) in [4.78, 5) is 0. The summed E-state index contributed by atoms with van der Waals surface area (Å²) in [7, 11) is 0. The lowest BCUT2D eigenvalue weighted by molar-refractivity contribution is 0.661. The quantitative estimate of drug-likeness (QED) is 0.183. The summed E-state index contributed by atoms with van der Waals surface area (Å²) >= 11 is 0. The minimum Gasteiger partial charge on any atom is -0.456 e. The second kappa shape index (κ2) is 11.6. The summed E-state index contributed by atoms with van der Waals surface area (Å²) in [6, 6.07) is 53.2. The average molecular weight is 643 g/mol. The fraction of sp³-hybridized carbons (Fsp3) is 0.102. The minimum absolute atomic E-state index is 0.121. The topological polar surface area (TPSA) is 13.1 Å². The molecule has 0 saturated heterocycles. The van der Waals surface area contributed by atoms with E-state index in [1.807, 2.05) is 6.07 Å². The molecule has 50 heavy (non-hydrogen) atoms. The zero-order valence-corrected chi connectivity index (χ0v) is 28.9. The molecule has 0 radical (unpaired) electrons. The van der Waals surface area contributed by atoms with Crippen LogP contribution in [-0.2, 0) is 5.41 Å². The van der Waals surface area contributed by atoms with Crippen molar-refractivity contribution in [2.24, 2.45) is 0 Å². The first-order chi connectivity index (χ1) is 24.4. The predicted molar refractivity (Wildman–Crippen MR) is 214 cm³/mol. The highest BCUT2D eigenvalue weighted by Gasteiger charge is 2.36. The summed E-state index contributed by atoms with van der Waals surface area (Å²) < 4.78 is 6.30. The van der Waals surface area contributed by atoms with Crippen molar-refractivity contribution in [1.82, 2.24) is 0 Å². The van der Waals surface area contributed by atoms with Gasteiger partial charge in [-0.3, -0.25) is 0 Å². The number of hydrogen-bond acceptors (Lipinski definition) is 1. The van der Waals surface area contributed by atoms with E-state index in [1.54, 1.807) is 0 Å². The highest BCUT2D eigenvalue weighted by atomic mass is 16.3. The third-order valence-corrected chi connectivity index (χ3v) is 10.8. The highest BCUT2D eigenvalue weighted by molar-refractivity contribution is 6.11. The van der Waals surface area contributed by atoms with E-state index in [4.69, 9.17) is 4.42 Å². The lowest BCUT2D eigenvalue weighted by Gasteiger charge is -2.22. The molecular weight excluding hydrogens is 605 g/mol. The average Bonchev–Trinajstić information content (AvgIpc) is 3.61. The zero-order chi connectivity index (χ0) is 34.0. The first-order valence-corrected chi connectivity index (χ1v) is 17.6. The molecule has 0 spiro atoms. The smallest absolute Gasteiger partial charge is 0.136 e. The van der Waals surface area contributed by atoms with Crippen LogP contribution in [0.3, 0.4) is 0 Å². The molecule has 1 heteroatoms. The molecule has 8 aromatic rings. The first kappa shape index (κ1) is 30.2. The van der Waals surface area contributed by atoms with Crippen LogP contribution >= 0.6 is 0 Å². The Morgan fingerprint density at radius 1 is 0.420 bits per heavy atom. The van der Waals surface area contributed by atoms with E-state index in [0.717, 1.165) is 11.2 Å². The summed E-state index contributed by atoms with van der Waals surface area (Å²) in [6.45, 7) is 9.04. The Bertz CT molecular complexity index is 2860. The monoisotopic (exact) mass is 642 g/mol. The largest absolute Gasteiger partial charge is 0.456 e. The Morgan fingerprint density at radius 2 is 1.04 bits per heavy atom. The molecule has 240 valence electrons. The summed E-state index contributed by atoms with van der Waals surface area (Å²) in [5, 5.41) is 9.72. The van der Waals surface area contributed by atoms with E-state index in [2.05, 4.69) is 179 Å². The normalized spacial score (nSPS) is 14.0. The van der Waals surface area contributed by atoms with Gasteiger partial charge in [-0.1, -0.05) is 129 Å². The molecule has 7 aromatic carbocycles. The molecule has 0 N–H and O–H groups in total. The minimum atomic E-state index is -0.121. The Kier molecular flexibility index (Phi) is 7.00. The molecule has 0 unspecified atom stereocenters. The van der Waals surface area contributed by atoms with Crippen molar-refractivity contribution >= 4 is 55.6 Å². The molecule has 0 bridgehead atoms. The number of para-hydroxylation sites is 1. The van der Waals surface area contributed by atoms with Crippen molar-refractivity contribution in [3.63, 3.8) is 0 Å². The van der Waals surface area contributed by atoms with Crippen LogP contribution in [0.5, 0.6) is 0 Å². The van der Waals surface area contributed by atoms with Crippen LogP contribution in [-0.4, -0.2) is 0 Å². The molecule has 0 saturated carbocycles. The molecule has 0 aliphatic heterocycles. The van der Waals surface area contributed by atoms with Gasteiger partial charge in [-0.15, -0.1) is 0 Å². The van der Waals surface area contributed by atoms with Crippen molar-refractivity contribution in [2.75, 3.05) is 0 Å². The van der Waals surface area contributed by atoms with Crippen molar-refractivity contribution in [3.8, 4) is 33.4 Å². The van der Waals surface area contributed by atoms with Crippen molar-refractivity contribution < 1.29 is 4.42 Å². The maximum atomic E-state index is 6.30. The SMILES string of the molecule is CC=c1c(-c2ccc3c(c2)-c2cc4cc5oc6ccccc6c5cc4cc2C3(C)C)ccccccc(-c2ccc3ccccc3c2)c1=CC. The molecule has 0 amide bonds. The Morgan fingerprint density at radius 3 is 1.80 bits per heavy atom. The fourth-order valence-corrected chi connectivity index (χ4v) is 8.27. The summed E-state index contributed by atoms with van der Waals surface area (Å²) in [6.07, 6.45) is 4.53. The van der Waals surface area contributed by atoms with Gasteiger partial charge in [0.2, 0.25) is 0 Å². The van der Waals surface area contributed by atoms with Crippen LogP contribution in [0.15, 0.2) is 150 Å². The Labute approximate surface area is 292 Å². The lowest BCUT2D eigenvalue weighted by atomic mass is 9.81. The van der Waals surface area contributed by atoms with Crippen LogP contribution in [0.1, 0.15) is 38.8 Å². The van der Waals surface area contributed by atoms with Crippen LogP contribution in [0.4, 0.5) is 0 Å². The van der Waals surface area contributed by atoms with Gasteiger partial charge < -0.3 is 4.42 Å². The Balaban J connectivity index is 1.27. The standard InChI is InChI=1S/C49H38O/c1-5-37-38(6-2)40(18-10-8-7-9-17-39(37)33-22-21-31-15-11-12-16-32(31)25-33)34-23-24-45-42(26-34)43-27-36-30-48-44(41-19-13-14-20-47(41)50-48)28-35(36)29-46(43)49(45,3)4/h5-30H,1-4H3. The van der Waals surface area contributed by atoms with Crippen molar-refractivity contribution in [2.45, 2.75) is 33.1 Å². The van der Waals surface area contributed by atoms with E-state index < -0.39 is 0 Å². The lowest BCUT2D eigenvalue weighted by Crippen LogP contribution is -2.27. The molecule has 1 aromatic heterocycles. The third kappa shape index (κ3) is 4.69. The van der Waals surface area contributed by atoms with Crippen molar-refractivity contribution in [3.05, 3.63) is 167 Å². The fourth-order valence-electron chi connectivity index (χ4n) is 8.27. The number of rotatable bonds is 2. The maximum Gasteiger partial charge on any atom is 0.136 e. The van der Waals surface area contributed by atoms with E-state index in [0.29, 0.717) is 0 Å². The molecule has 1 heterocycles. The van der Waals surface area contributed by atoms with Gasteiger partial charge in [0.25, 0.3) is 0 Å². The first-order valence-electron chi connectivity index (χ1n) is 17.6. The Hall–Kier alpha value is -5.92. The zero-order valence-electron chi connectivity index (χ0n) is 28.9. The molecule has 1 nitrogen and oxygen atoms in total. The van der Waals surface area contributed by atoms with Gasteiger partial charge in [0.05, 0.1) is 0 Å². The van der Waals surface area contributed by atoms with Gasteiger partial charge in [0.1, 0.15) is 11.2 Å². The van der Waals surface area contributed by atoms with Crippen LogP contribution in [0.25, 0.3) is 89.0 Å². The number of hydrogen-bond donors (Lipinski definition) is 0. The van der Waals surface area contributed by atoms with Gasteiger partial charge in [-0.2, -0.15) is 0 Å². The molecule has 0 atom stereocenters. The third-order valence-electron chi connectivity index (χ3n) is 10.8. The van der Waals surface area contributed by atoms with Gasteiger partial charge in [-0.05, 0) is 133 Å². The molecule has 0 fully saturated rings. The maximum absolute atomic E-state index is 6.30. The number of furan rings is 1. The molecule has 1 aliphatic rings. The van der Waals surface area contributed by atoms with Gasteiger partial charge in [0.15, 0.2) is 0 Å². The molecular formula is C49H38O. The summed E-state index contributed by atoms with van der Waals surface area (Å²) in [5.74, 6) is 0. The van der Waals surface area contributed by atoms with Gasteiger partial charge >= 0.3 is 0 Å². The van der Waals surface area contributed by atoms with Gasteiger partial charge in [0, 0.05) is 16.2 Å². The van der Waals surface area contributed by atoms with E-state index >= 15 is 0 Å². The van der Waals surface area contributed by atoms with E-state index in [9.17, 15) is 0 Å². The van der Waals surface area contributed by atoms with Crippen LogP contribution < -0.4 is 10.4 Å². The van der Waals surface area contributed by atoms with Crippen LogP contribution in [0.2, 0.25) is 0 Å². The second-order valence-corrected chi connectivity index (χ2v) is 14.0. The highest BCUT2D eigenvalue weighted by Crippen LogP contribution is 2.51. The predicted octanol–water partition coefficient (Wildman–Crippen LogP) is 12.3. The summed E-state index contributed by atoms with van der Waals surface area (Å²) in [5.41, 5.74) is 11.9. The van der Waals surface area contributed by atoms with E-state index in [-0.39, 0.29) is 5.41 Å². The molecule has 1 aliphatic carbocycles. The second-order valence-electron chi connectivity index (χ2n) is 14.0. The van der Waals surface area contributed by atoms with Crippen molar-refractivity contribution in [1.29, 1.82) is 0 Å². The number of benzene rings is 6.